The van der Waals surface area contributed by atoms with Crippen molar-refractivity contribution in [2.24, 2.45) is 0 Å². The zero-order valence-corrected chi connectivity index (χ0v) is 18.3. The number of hydrogen-bond acceptors (Lipinski definition) is 1. The van der Waals surface area contributed by atoms with Gasteiger partial charge in [-0.15, -0.1) is 0 Å². The molecule has 0 amide bonds. The Morgan fingerprint density at radius 3 is 1.97 bits per heavy atom. The molecule has 3 heteroatoms. The first-order valence-corrected chi connectivity index (χ1v) is 11.0. The average molecular weight is 445 g/mol. The van der Waals surface area contributed by atoms with Crippen molar-refractivity contribution in [3.8, 4) is 33.9 Å². The van der Waals surface area contributed by atoms with E-state index in [4.69, 9.17) is 4.98 Å². The van der Waals surface area contributed by atoms with Gasteiger partial charge in [-0.1, -0.05) is 108 Å². The molecule has 1 heterocycles. The normalized spacial score (nSPS) is 11.0. The van der Waals surface area contributed by atoms with Crippen molar-refractivity contribution in [2.75, 3.05) is 0 Å². The first-order valence-electron chi connectivity index (χ1n) is 10.2. The van der Waals surface area contributed by atoms with Gasteiger partial charge in [0.15, 0.2) is 0 Å². The van der Waals surface area contributed by atoms with Crippen LogP contribution in [0.3, 0.4) is 0 Å². The molecule has 0 spiro atoms. The summed E-state index contributed by atoms with van der Waals surface area (Å²) in [5.74, 6) is 1.03. The Bertz CT molecular complexity index is 1050. The van der Waals surface area contributed by atoms with E-state index in [0.717, 1.165) is 40.1 Å². The van der Waals surface area contributed by atoms with Gasteiger partial charge in [-0.05, 0) is 18.6 Å². The van der Waals surface area contributed by atoms with E-state index < -0.39 is 0 Å². The summed E-state index contributed by atoms with van der Waals surface area (Å²) in [5, 5.41) is 0. The van der Waals surface area contributed by atoms with Gasteiger partial charge in [-0.25, -0.2) is 4.98 Å². The number of rotatable bonds is 7. The Morgan fingerprint density at radius 1 is 0.724 bits per heavy atom. The van der Waals surface area contributed by atoms with Gasteiger partial charge in [-0.3, -0.25) is 0 Å². The number of hydrogen-bond donors (Lipinski definition) is 0. The molecule has 4 rings (SSSR count). The predicted molar refractivity (Wildman–Crippen MR) is 126 cm³/mol. The summed E-state index contributed by atoms with van der Waals surface area (Å²) < 4.78 is 3.49. The largest absolute Gasteiger partial charge is 0.323 e. The molecular formula is C26H25BrN2. The molecule has 0 bridgehead atoms. The minimum Gasteiger partial charge on any atom is -0.323 e. The molecule has 0 aliphatic rings. The molecule has 0 N–H and O–H groups in total. The monoisotopic (exact) mass is 444 g/mol. The second-order valence-electron chi connectivity index (χ2n) is 7.23. The van der Waals surface area contributed by atoms with Gasteiger partial charge in [0.05, 0.1) is 11.4 Å². The van der Waals surface area contributed by atoms with E-state index in [9.17, 15) is 0 Å². The quantitative estimate of drug-likeness (QED) is 0.265. The molecule has 29 heavy (non-hydrogen) atoms. The van der Waals surface area contributed by atoms with Crippen molar-refractivity contribution < 1.29 is 0 Å². The number of unbranched alkanes of at least 4 members (excludes halogenated alkanes) is 2. The lowest BCUT2D eigenvalue weighted by atomic mass is 10.0. The molecular weight excluding hydrogens is 420 g/mol. The fourth-order valence-electron chi connectivity index (χ4n) is 3.70. The van der Waals surface area contributed by atoms with Gasteiger partial charge in [0, 0.05) is 27.7 Å². The highest BCUT2D eigenvalue weighted by atomic mass is 79.9. The van der Waals surface area contributed by atoms with Crippen LogP contribution in [0.1, 0.15) is 26.2 Å². The van der Waals surface area contributed by atoms with E-state index in [0.29, 0.717) is 0 Å². The molecule has 0 aliphatic heterocycles. The molecule has 0 saturated heterocycles. The zero-order valence-electron chi connectivity index (χ0n) is 16.7. The van der Waals surface area contributed by atoms with Crippen LogP contribution in [-0.2, 0) is 6.54 Å². The van der Waals surface area contributed by atoms with Crippen LogP contribution in [0.25, 0.3) is 33.9 Å². The van der Waals surface area contributed by atoms with E-state index >= 15 is 0 Å². The predicted octanol–water partition coefficient (Wildman–Crippen LogP) is 7.84. The number of aromatic nitrogens is 2. The molecule has 0 aliphatic carbocycles. The minimum atomic E-state index is 0.962. The lowest BCUT2D eigenvalue weighted by molar-refractivity contribution is 0.610. The third kappa shape index (κ3) is 4.35. The molecule has 0 radical (unpaired) electrons. The summed E-state index contributed by atoms with van der Waals surface area (Å²) in [6.45, 7) is 3.21. The molecule has 0 fully saturated rings. The van der Waals surface area contributed by atoms with Crippen LogP contribution in [-0.4, -0.2) is 9.55 Å². The molecule has 1 aromatic heterocycles. The fourth-order valence-corrected chi connectivity index (χ4v) is 3.96. The van der Waals surface area contributed by atoms with Gasteiger partial charge < -0.3 is 4.57 Å². The Hall–Kier alpha value is -2.65. The van der Waals surface area contributed by atoms with Crippen LogP contribution in [0, 0.1) is 0 Å². The lowest BCUT2D eigenvalue weighted by Crippen LogP contribution is -2.03. The van der Waals surface area contributed by atoms with Gasteiger partial charge in [0.2, 0.25) is 0 Å². The van der Waals surface area contributed by atoms with Crippen LogP contribution in [0.2, 0.25) is 0 Å². The van der Waals surface area contributed by atoms with Gasteiger partial charge in [0.1, 0.15) is 5.82 Å². The summed E-state index contributed by atoms with van der Waals surface area (Å²) in [6, 6.07) is 29.6. The summed E-state index contributed by atoms with van der Waals surface area (Å²) in [4.78, 5) is 5.18. The molecule has 4 aromatic rings. The summed E-state index contributed by atoms with van der Waals surface area (Å²) in [6.07, 6.45) is 3.56. The lowest BCUT2D eigenvalue weighted by Gasteiger charge is -2.13. The van der Waals surface area contributed by atoms with Crippen molar-refractivity contribution in [3.63, 3.8) is 0 Å². The van der Waals surface area contributed by atoms with Crippen LogP contribution in [0.4, 0.5) is 0 Å². The Kier molecular flexibility index (Phi) is 6.26. The molecule has 0 atom stereocenters. The molecule has 146 valence electrons. The molecule has 3 aromatic carbocycles. The zero-order chi connectivity index (χ0) is 20.1. The third-order valence-corrected chi connectivity index (χ3v) is 5.68. The van der Waals surface area contributed by atoms with Crippen molar-refractivity contribution in [1.29, 1.82) is 0 Å². The minimum absolute atomic E-state index is 0.962. The smallest absolute Gasteiger partial charge is 0.141 e. The highest BCUT2D eigenvalue weighted by Crippen LogP contribution is 2.36. The SMILES string of the molecule is CCCCCn1c(-c2ccc(Br)cc2)nc(-c2ccccc2)c1-c1ccccc1. The third-order valence-electron chi connectivity index (χ3n) is 5.15. The van der Waals surface area contributed by atoms with E-state index in [-0.39, 0.29) is 0 Å². The second-order valence-corrected chi connectivity index (χ2v) is 8.15. The van der Waals surface area contributed by atoms with Gasteiger partial charge in [0.25, 0.3) is 0 Å². The van der Waals surface area contributed by atoms with Gasteiger partial charge >= 0.3 is 0 Å². The van der Waals surface area contributed by atoms with Crippen LogP contribution >= 0.6 is 15.9 Å². The van der Waals surface area contributed by atoms with Gasteiger partial charge in [-0.2, -0.15) is 0 Å². The summed E-state index contributed by atoms with van der Waals surface area (Å²) >= 11 is 3.55. The number of benzene rings is 3. The molecule has 2 nitrogen and oxygen atoms in total. The number of halogens is 1. The Balaban J connectivity index is 1.95. The number of imidazole rings is 1. The second kappa shape index (κ2) is 9.23. The fraction of sp³-hybridized carbons (Fsp3) is 0.192. The van der Waals surface area contributed by atoms with E-state index in [2.05, 4.69) is 112 Å². The van der Waals surface area contributed by atoms with E-state index in [1.807, 2.05) is 0 Å². The highest BCUT2D eigenvalue weighted by molar-refractivity contribution is 9.10. The summed E-state index contributed by atoms with van der Waals surface area (Å²) in [7, 11) is 0. The average Bonchev–Trinajstić information content (AvgIpc) is 3.15. The van der Waals surface area contributed by atoms with E-state index in [1.54, 1.807) is 0 Å². The molecule has 0 saturated carbocycles. The first kappa shape index (κ1) is 19.7. The van der Waals surface area contributed by atoms with Crippen LogP contribution in [0.5, 0.6) is 0 Å². The van der Waals surface area contributed by atoms with Crippen molar-refractivity contribution in [3.05, 3.63) is 89.4 Å². The van der Waals surface area contributed by atoms with Crippen molar-refractivity contribution in [1.82, 2.24) is 9.55 Å². The topological polar surface area (TPSA) is 17.8 Å². The maximum absolute atomic E-state index is 5.18. The van der Waals surface area contributed by atoms with E-state index in [1.165, 1.54) is 24.1 Å². The van der Waals surface area contributed by atoms with Crippen molar-refractivity contribution >= 4 is 15.9 Å². The Morgan fingerprint density at radius 2 is 1.34 bits per heavy atom. The standard InChI is InChI=1S/C26H25BrN2/c1-2-3-10-19-29-25(21-13-8-5-9-14-21)24(20-11-6-4-7-12-20)28-26(29)22-15-17-23(27)18-16-22/h4-9,11-18H,2-3,10,19H2,1H3. The van der Waals surface area contributed by atoms with Crippen LogP contribution in [0.15, 0.2) is 89.4 Å². The molecule has 0 unspecified atom stereocenters. The summed E-state index contributed by atoms with van der Waals surface area (Å²) in [5.41, 5.74) is 5.75. The maximum atomic E-state index is 5.18. The highest BCUT2D eigenvalue weighted by Gasteiger charge is 2.20. The van der Waals surface area contributed by atoms with Crippen molar-refractivity contribution in [2.45, 2.75) is 32.7 Å². The Labute approximate surface area is 181 Å². The first-order chi connectivity index (χ1) is 14.3. The number of nitrogens with zero attached hydrogens (tertiary/aromatic N) is 2. The maximum Gasteiger partial charge on any atom is 0.141 e. The van der Waals surface area contributed by atoms with Crippen LogP contribution < -0.4 is 0 Å².